The number of halogens is 4. The summed E-state index contributed by atoms with van der Waals surface area (Å²) in [6.45, 7) is 2.18. The molecule has 25 heavy (non-hydrogen) atoms. The highest BCUT2D eigenvalue weighted by molar-refractivity contribution is 6.34. The van der Waals surface area contributed by atoms with E-state index in [1.165, 1.54) is 6.20 Å². The molecule has 0 aliphatic heterocycles. The van der Waals surface area contributed by atoms with Gasteiger partial charge in [-0.1, -0.05) is 11.6 Å². The second-order valence-electron chi connectivity index (χ2n) is 5.61. The third-order valence-electron chi connectivity index (χ3n) is 3.71. The van der Waals surface area contributed by atoms with Gasteiger partial charge in [0.1, 0.15) is 5.15 Å². The molecule has 9 heteroatoms. The van der Waals surface area contributed by atoms with Gasteiger partial charge in [-0.3, -0.25) is 4.68 Å². The van der Waals surface area contributed by atoms with Crippen molar-refractivity contribution in [2.75, 3.05) is 6.61 Å². The highest BCUT2D eigenvalue weighted by Gasteiger charge is 2.29. The summed E-state index contributed by atoms with van der Waals surface area (Å²) in [7, 11) is 0. The van der Waals surface area contributed by atoms with Crippen LogP contribution in [0.4, 0.5) is 13.2 Å². The van der Waals surface area contributed by atoms with Gasteiger partial charge in [0.2, 0.25) is 5.88 Å². The SMILES string of the molecule is Cc1cc(C(C)n2cc3c(Cl)nccc3n2)cnc1OCC(F)(F)F. The van der Waals surface area contributed by atoms with Crippen LogP contribution in [0.1, 0.15) is 24.1 Å². The molecule has 0 saturated heterocycles. The number of alkyl halides is 3. The molecule has 0 spiro atoms. The predicted molar refractivity (Wildman–Crippen MR) is 86.9 cm³/mol. The van der Waals surface area contributed by atoms with Crippen LogP contribution in [0.2, 0.25) is 5.15 Å². The summed E-state index contributed by atoms with van der Waals surface area (Å²) in [5.41, 5.74) is 2.01. The van der Waals surface area contributed by atoms with E-state index in [1.807, 2.05) is 6.92 Å². The Hall–Kier alpha value is -2.35. The fraction of sp³-hybridized carbons (Fsp3) is 0.312. The molecule has 0 aliphatic rings. The van der Waals surface area contributed by atoms with E-state index in [9.17, 15) is 13.2 Å². The van der Waals surface area contributed by atoms with Gasteiger partial charge in [0.05, 0.1) is 16.9 Å². The molecule has 0 N–H and O–H groups in total. The third kappa shape index (κ3) is 3.84. The van der Waals surface area contributed by atoms with Crippen molar-refractivity contribution in [2.45, 2.75) is 26.1 Å². The van der Waals surface area contributed by atoms with Crippen LogP contribution in [-0.2, 0) is 0 Å². The Morgan fingerprint density at radius 2 is 2.08 bits per heavy atom. The van der Waals surface area contributed by atoms with Crippen molar-refractivity contribution in [1.29, 1.82) is 0 Å². The lowest BCUT2D eigenvalue weighted by Crippen LogP contribution is -2.20. The molecule has 0 saturated carbocycles. The molecule has 5 nitrogen and oxygen atoms in total. The first-order valence-electron chi connectivity index (χ1n) is 7.40. The van der Waals surface area contributed by atoms with E-state index >= 15 is 0 Å². The average molecular weight is 371 g/mol. The maximum absolute atomic E-state index is 12.3. The molecule has 0 fully saturated rings. The van der Waals surface area contributed by atoms with E-state index in [1.54, 1.807) is 36.1 Å². The third-order valence-corrected chi connectivity index (χ3v) is 4.01. The van der Waals surface area contributed by atoms with Gasteiger partial charge >= 0.3 is 6.18 Å². The van der Waals surface area contributed by atoms with Crippen LogP contribution in [-0.4, -0.2) is 32.5 Å². The largest absolute Gasteiger partial charge is 0.468 e. The van der Waals surface area contributed by atoms with Gasteiger partial charge in [-0.15, -0.1) is 0 Å². The Morgan fingerprint density at radius 1 is 1.32 bits per heavy atom. The minimum Gasteiger partial charge on any atom is -0.468 e. The monoisotopic (exact) mass is 370 g/mol. The molecule has 3 aromatic rings. The van der Waals surface area contributed by atoms with Crippen molar-refractivity contribution in [1.82, 2.24) is 19.7 Å². The summed E-state index contributed by atoms with van der Waals surface area (Å²) in [5, 5.41) is 5.54. The Balaban J connectivity index is 1.85. The summed E-state index contributed by atoms with van der Waals surface area (Å²) in [6, 6.07) is 3.30. The average Bonchev–Trinajstić information content (AvgIpc) is 2.97. The molecule has 0 aromatic carbocycles. The number of hydrogen-bond donors (Lipinski definition) is 0. The highest BCUT2D eigenvalue weighted by Crippen LogP contribution is 2.26. The summed E-state index contributed by atoms with van der Waals surface area (Å²) >= 11 is 6.05. The van der Waals surface area contributed by atoms with Crippen LogP contribution in [0.5, 0.6) is 5.88 Å². The van der Waals surface area contributed by atoms with Gasteiger partial charge in [0.15, 0.2) is 6.61 Å². The van der Waals surface area contributed by atoms with Crippen molar-refractivity contribution in [3.63, 3.8) is 0 Å². The number of pyridine rings is 2. The lowest BCUT2D eigenvalue weighted by Gasteiger charge is -2.15. The molecule has 0 bridgehead atoms. The Kier molecular flexibility index (Phi) is 4.55. The number of fused-ring (bicyclic) bond motifs is 1. The molecular weight excluding hydrogens is 357 g/mol. The maximum atomic E-state index is 12.3. The first-order valence-corrected chi connectivity index (χ1v) is 7.78. The Labute approximate surface area is 146 Å². The molecule has 0 amide bonds. The molecule has 1 unspecified atom stereocenters. The molecule has 0 radical (unpaired) electrons. The molecule has 3 heterocycles. The minimum atomic E-state index is -4.40. The van der Waals surface area contributed by atoms with E-state index < -0.39 is 12.8 Å². The minimum absolute atomic E-state index is 0.0360. The summed E-state index contributed by atoms with van der Waals surface area (Å²) in [6.07, 6.45) is 0.433. The molecule has 3 rings (SSSR count). The number of nitrogens with zero attached hydrogens (tertiary/aromatic N) is 4. The smallest absolute Gasteiger partial charge is 0.422 e. The molecule has 1 atom stereocenters. The standard InChI is InChI=1S/C16H14ClF3N4O/c1-9-5-11(6-22-15(9)25-8-16(18,19)20)10(2)24-7-12-13(23-24)3-4-21-14(12)17/h3-7,10H,8H2,1-2H3. The fourth-order valence-electron chi connectivity index (χ4n) is 2.40. The van der Waals surface area contributed by atoms with Crippen molar-refractivity contribution < 1.29 is 17.9 Å². The van der Waals surface area contributed by atoms with Gasteiger partial charge in [0, 0.05) is 24.2 Å². The van der Waals surface area contributed by atoms with Crippen LogP contribution in [0.25, 0.3) is 10.9 Å². The van der Waals surface area contributed by atoms with Gasteiger partial charge in [-0.05, 0) is 31.5 Å². The zero-order chi connectivity index (χ0) is 18.2. The van der Waals surface area contributed by atoms with Gasteiger partial charge < -0.3 is 4.74 Å². The number of aryl methyl sites for hydroxylation is 1. The quantitative estimate of drug-likeness (QED) is 0.641. The van der Waals surface area contributed by atoms with Gasteiger partial charge in [-0.25, -0.2) is 9.97 Å². The summed E-state index contributed by atoms with van der Waals surface area (Å²) in [4.78, 5) is 8.01. The van der Waals surface area contributed by atoms with Crippen LogP contribution in [0, 0.1) is 6.92 Å². The highest BCUT2D eigenvalue weighted by atomic mass is 35.5. The van der Waals surface area contributed by atoms with Crippen molar-refractivity contribution in [2.24, 2.45) is 0 Å². The topological polar surface area (TPSA) is 52.8 Å². The van der Waals surface area contributed by atoms with E-state index in [2.05, 4.69) is 15.1 Å². The number of aromatic nitrogens is 4. The van der Waals surface area contributed by atoms with Crippen LogP contribution in [0.15, 0.2) is 30.7 Å². The van der Waals surface area contributed by atoms with E-state index in [0.717, 1.165) is 10.9 Å². The van der Waals surface area contributed by atoms with E-state index in [4.69, 9.17) is 16.3 Å². The van der Waals surface area contributed by atoms with Gasteiger partial charge in [-0.2, -0.15) is 18.3 Å². The van der Waals surface area contributed by atoms with Crippen LogP contribution in [0.3, 0.4) is 0 Å². The summed E-state index contributed by atoms with van der Waals surface area (Å²) < 4.78 is 43.2. The zero-order valence-corrected chi connectivity index (χ0v) is 14.1. The van der Waals surface area contributed by atoms with Crippen LogP contribution < -0.4 is 4.74 Å². The molecule has 132 valence electrons. The molecular formula is C16H14ClF3N4O. The Bertz CT molecular complexity index is 910. The molecule has 0 aliphatic carbocycles. The van der Waals surface area contributed by atoms with Gasteiger partial charge in [0.25, 0.3) is 0 Å². The van der Waals surface area contributed by atoms with E-state index in [-0.39, 0.29) is 11.9 Å². The number of ether oxygens (including phenoxy) is 1. The lowest BCUT2D eigenvalue weighted by atomic mass is 10.1. The lowest BCUT2D eigenvalue weighted by molar-refractivity contribution is -0.154. The van der Waals surface area contributed by atoms with Crippen molar-refractivity contribution in [3.8, 4) is 5.88 Å². The second kappa shape index (κ2) is 6.51. The van der Waals surface area contributed by atoms with Crippen molar-refractivity contribution in [3.05, 3.63) is 47.0 Å². The maximum Gasteiger partial charge on any atom is 0.422 e. The number of rotatable bonds is 4. The first kappa shape index (κ1) is 17.5. The Morgan fingerprint density at radius 3 is 2.72 bits per heavy atom. The fourth-order valence-corrected chi connectivity index (χ4v) is 2.60. The molecule has 3 aromatic heterocycles. The summed E-state index contributed by atoms with van der Waals surface area (Å²) in [5.74, 6) is -0.0360. The first-order chi connectivity index (χ1) is 11.7. The second-order valence-corrected chi connectivity index (χ2v) is 5.97. The van der Waals surface area contributed by atoms with Crippen molar-refractivity contribution >= 4 is 22.5 Å². The number of hydrogen-bond acceptors (Lipinski definition) is 4. The van der Waals surface area contributed by atoms with E-state index in [0.29, 0.717) is 16.2 Å². The zero-order valence-electron chi connectivity index (χ0n) is 13.4. The normalized spacial score (nSPS) is 13.2. The predicted octanol–water partition coefficient (Wildman–Crippen LogP) is 4.34. The van der Waals surface area contributed by atoms with Crippen LogP contribution >= 0.6 is 11.6 Å².